The Morgan fingerprint density at radius 1 is 1.11 bits per heavy atom. The molecule has 2 heterocycles. The monoisotopic (exact) mass is 297 g/mol. The molecule has 0 aliphatic carbocycles. The molecule has 0 bridgehead atoms. The van der Waals surface area contributed by atoms with E-state index >= 15 is 0 Å². The van der Waals surface area contributed by atoms with Gasteiger partial charge >= 0.3 is 6.36 Å². The predicted molar refractivity (Wildman–Crippen MR) is 58.8 cm³/mol. The van der Waals surface area contributed by atoms with E-state index < -0.39 is 12.2 Å². The van der Waals surface area contributed by atoms with Crippen LogP contribution in [0.25, 0.3) is 11.0 Å². The van der Waals surface area contributed by atoms with Gasteiger partial charge in [0.25, 0.3) is 0 Å². The quantitative estimate of drug-likeness (QED) is 0.597. The van der Waals surface area contributed by atoms with Crippen LogP contribution >= 0.6 is 23.2 Å². The molecule has 0 aliphatic rings. The molecular weight excluding hydrogens is 294 g/mol. The number of hydrogen-bond acceptors (Lipinski definition) is 4. The van der Waals surface area contributed by atoms with Gasteiger partial charge in [0.15, 0.2) is 5.15 Å². The summed E-state index contributed by atoms with van der Waals surface area (Å²) >= 11 is 11.3. The summed E-state index contributed by atoms with van der Waals surface area (Å²) in [6.45, 7) is 1.53. The Balaban J connectivity index is 2.62. The van der Waals surface area contributed by atoms with E-state index in [0.29, 0.717) is 5.56 Å². The van der Waals surface area contributed by atoms with Crippen LogP contribution in [0.1, 0.15) is 5.56 Å². The Kier molecular flexibility index (Phi) is 3.20. The van der Waals surface area contributed by atoms with Crippen LogP contribution in [0, 0.1) is 6.92 Å². The van der Waals surface area contributed by atoms with Gasteiger partial charge in [-0.25, -0.2) is 15.0 Å². The number of halogens is 5. The smallest absolute Gasteiger partial charge is 0.388 e. The Morgan fingerprint density at radius 2 is 1.78 bits per heavy atom. The minimum absolute atomic E-state index is 0.000293. The van der Waals surface area contributed by atoms with E-state index in [9.17, 15) is 13.2 Å². The van der Waals surface area contributed by atoms with Crippen molar-refractivity contribution in [1.82, 2.24) is 15.0 Å². The van der Waals surface area contributed by atoms with Crippen molar-refractivity contribution < 1.29 is 17.9 Å². The topological polar surface area (TPSA) is 47.9 Å². The average Bonchev–Trinajstić information content (AvgIpc) is 2.17. The fourth-order valence-corrected chi connectivity index (χ4v) is 1.77. The van der Waals surface area contributed by atoms with E-state index in [1.165, 1.54) is 6.92 Å². The molecule has 0 N–H and O–H groups in total. The highest BCUT2D eigenvalue weighted by Crippen LogP contribution is 2.28. The van der Waals surface area contributed by atoms with Crippen LogP contribution in [0.3, 0.4) is 0 Å². The number of alkyl halides is 3. The number of fused-ring (bicyclic) bond motifs is 1. The summed E-state index contributed by atoms with van der Waals surface area (Å²) in [6, 6.07) is 1.09. The molecular formula is C9H4Cl2F3N3O. The first kappa shape index (κ1) is 13.1. The van der Waals surface area contributed by atoms with Crippen LogP contribution in [-0.4, -0.2) is 21.3 Å². The van der Waals surface area contributed by atoms with Crippen molar-refractivity contribution in [3.63, 3.8) is 0 Å². The molecule has 0 saturated carbocycles. The van der Waals surface area contributed by atoms with Gasteiger partial charge in [-0.3, -0.25) is 0 Å². The Bertz CT molecular complexity index is 618. The maximum Gasteiger partial charge on any atom is 0.574 e. The zero-order valence-corrected chi connectivity index (χ0v) is 10.2. The fraction of sp³-hybridized carbons (Fsp3) is 0.222. The highest BCUT2D eigenvalue weighted by atomic mass is 35.5. The van der Waals surface area contributed by atoms with Gasteiger partial charge in [-0.1, -0.05) is 11.6 Å². The Morgan fingerprint density at radius 3 is 2.39 bits per heavy atom. The van der Waals surface area contributed by atoms with Gasteiger partial charge in [0.2, 0.25) is 11.2 Å². The normalized spacial score (nSPS) is 11.9. The highest BCUT2D eigenvalue weighted by molar-refractivity contribution is 6.35. The molecule has 0 unspecified atom stereocenters. The third-order valence-corrected chi connectivity index (χ3v) is 2.40. The second kappa shape index (κ2) is 4.40. The highest BCUT2D eigenvalue weighted by Gasteiger charge is 2.32. The predicted octanol–water partition coefficient (Wildman–Crippen LogP) is 3.54. The maximum atomic E-state index is 12.1. The summed E-state index contributed by atoms with van der Waals surface area (Å²) in [5.41, 5.74) is 0.667. The van der Waals surface area contributed by atoms with Crippen molar-refractivity contribution in [2.45, 2.75) is 13.3 Å². The van der Waals surface area contributed by atoms with Crippen LogP contribution in [0.2, 0.25) is 10.4 Å². The molecule has 4 nitrogen and oxygen atoms in total. The minimum Gasteiger partial charge on any atom is -0.388 e. The second-order valence-electron chi connectivity index (χ2n) is 3.31. The van der Waals surface area contributed by atoms with Crippen LogP contribution < -0.4 is 4.74 Å². The molecule has 0 amide bonds. The molecule has 2 aromatic rings. The number of aryl methyl sites for hydroxylation is 1. The first-order chi connectivity index (χ1) is 8.26. The fourth-order valence-electron chi connectivity index (χ4n) is 1.34. The van der Waals surface area contributed by atoms with E-state index in [-0.39, 0.29) is 21.5 Å². The third kappa shape index (κ3) is 2.73. The number of hydrogen-bond donors (Lipinski definition) is 0. The number of aromatic nitrogens is 3. The summed E-state index contributed by atoms with van der Waals surface area (Å²) < 4.78 is 40.0. The van der Waals surface area contributed by atoms with Crippen LogP contribution in [0.4, 0.5) is 13.2 Å². The molecule has 2 aromatic heterocycles. The molecule has 0 radical (unpaired) electrons. The molecule has 0 atom stereocenters. The largest absolute Gasteiger partial charge is 0.574 e. The summed E-state index contributed by atoms with van der Waals surface area (Å²) in [6.07, 6.45) is -4.83. The van der Waals surface area contributed by atoms with E-state index in [1.54, 1.807) is 0 Å². The van der Waals surface area contributed by atoms with Gasteiger partial charge in [-0.05, 0) is 24.1 Å². The summed E-state index contributed by atoms with van der Waals surface area (Å²) in [5, 5.41) is -0.248. The number of nitrogens with zero attached hydrogens (tertiary/aromatic N) is 3. The lowest BCUT2D eigenvalue weighted by Crippen LogP contribution is -2.18. The number of rotatable bonds is 1. The van der Waals surface area contributed by atoms with Gasteiger partial charge in [-0.15, -0.1) is 13.2 Å². The summed E-state index contributed by atoms with van der Waals surface area (Å²) in [5.74, 6) is -0.625. The van der Waals surface area contributed by atoms with Crippen molar-refractivity contribution in [2.24, 2.45) is 0 Å². The Hall–Kier alpha value is -1.34. The third-order valence-electron chi connectivity index (χ3n) is 1.97. The maximum absolute atomic E-state index is 12.1. The lowest BCUT2D eigenvalue weighted by molar-refractivity contribution is -0.276. The zero-order valence-electron chi connectivity index (χ0n) is 8.72. The van der Waals surface area contributed by atoms with Crippen molar-refractivity contribution in [3.8, 4) is 5.88 Å². The molecule has 9 heteroatoms. The van der Waals surface area contributed by atoms with Crippen molar-refractivity contribution >= 4 is 34.2 Å². The van der Waals surface area contributed by atoms with Gasteiger partial charge in [0.05, 0.1) is 5.52 Å². The first-order valence-electron chi connectivity index (χ1n) is 4.52. The molecule has 18 heavy (non-hydrogen) atoms. The molecule has 0 spiro atoms. The molecule has 0 aromatic carbocycles. The second-order valence-corrected chi connectivity index (χ2v) is 4.00. The van der Waals surface area contributed by atoms with Crippen LogP contribution in [0.5, 0.6) is 5.88 Å². The summed E-state index contributed by atoms with van der Waals surface area (Å²) in [4.78, 5) is 11.0. The number of ether oxygens (including phenoxy) is 1. The van der Waals surface area contributed by atoms with E-state index in [4.69, 9.17) is 23.2 Å². The van der Waals surface area contributed by atoms with Gasteiger partial charge < -0.3 is 4.74 Å². The van der Waals surface area contributed by atoms with Gasteiger partial charge in [0.1, 0.15) is 5.52 Å². The molecule has 2 rings (SSSR count). The van der Waals surface area contributed by atoms with Crippen LogP contribution in [-0.2, 0) is 0 Å². The lowest BCUT2D eigenvalue weighted by Gasteiger charge is -2.10. The minimum atomic E-state index is -4.83. The molecule has 0 fully saturated rings. The molecule has 0 aliphatic heterocycles. The lowest BCUT2D eigenvalue weighted by atomic mass is 10.2. The standard InChI is InChI=1S/C9H4Cl2F3N3O/c1-3-2-4(18-9(12,13)14)15-6-5(3)16-8(11)17-7(6)10/h2H,1H3. The van der Waals surface area contributed by atoms with Crippen LogP contribution in [0.15, 0.2) is 6.07 Å². The van der Waals surface area contributed by atoms with Crippen molar-refractivity contribution in [1.29, 1.82) is 0 Å². The summed E-state index contributed by atoms with van der Waals surface area (Å²) in [7, 11) is 0. The van der Waals surface area contributed by atoms with Gasteiger partial charge in [-0.2, -0.15) is 0 Å². The van der Waals surface area contributed by atoms with Crippen molar-refractivity contribution in [2.75, 3.05) is 0 Å². The van der Waals surface area contributed by atoms with Crippen molar-refractivity contribution in [3.05, 3.63) is 22.1 Å². The van der Waals surface area contributed by atoms with Gasteiger partial charge in [0, 0.05) is 6.07 Å². The van der Waals surface area contributed by atoms with E-state index in [0.717, 1.165) is 6.07 Å². The number of pyridine rings is 1. The Labute approximate surface area is 109 Å². The van der Waals surface area contributed by atoms with E-state index in [1.807, 2.05) is 0 Å². The zero-order chi connectivity index (χ0) is 13.5. The molecule has 96 valence electrons. The van der Waals surface area contributed by atoms with E-state index in [2.05, 4.69) is 19.7 Å². The average molecular weight is 298 g/mol. The SMILES string of the molecule is Cc1cc(OC(F)(F)F)nc2c(Cl)nc(Cl)nc12. The first-order valence-corrected chi connectivity index (χ1v) is 5.28. The molecule has 0 saturated heterocycles.